The van der Waals surface area contributed by atoms with Gasteiger partial charge in [0.05, 0.1) is 22.9 Å². The lowest BCUT2D eigenvalue weighted by molar-refractivity contribution is 0.339. The number of nitrogen functional groups attached to an aromatic ring is 1. The highest BCUT2D eigenvalue weighted by Crippen LogP contribution is 2.26. The zero-order chi connectivity index (χ0) is 14.3. The van der Waals surface area contributed by atoms with Crippen LogP contribution in [0, 0.1) is 0 Å². The van der Waals surface area contributed by atoms with E-state index in [0.29, 0.717) is 24.5 Å². The van der Waals surface area contributed by atoms with Gasteiger partial charge >= 0.3 is 0 Å². The topological polar surface area (TPSA) is 69.4 Å². The largest absolute Gasteiger partial charge is 0.494 e. The third kappa shape index (κ3) is 4.74. The molecule has 108 valence electrons. The number of anilines is 1. The number of rotatable bonds is 8. The SMILES string of the molecule is CCCCCCS(=O)(=O)c1cc(OCC)ccc1N. The smallest absolute Gasteiger partial charge is 0.180 e. The molecule has 0 unspecified atom stereocenters. The molecule has 1 aromatic carbocycles. The van der Waals surface area contributed by atoms with Crippen molar-refractivity contribution in [1.29, 1.82) is 0 Å². The lowest BCUT2D eigenvalue weighted by Crippen LogP contribution is -2.10. The van der Waals surface area contributed by atoms with Gasteiger partial charge in [-0.05, 0) is 25.5 Å². The molecule has 0 saturated heterocycles. The van der Waals surface area contributed by atoms with E-state index in [9.17, 15) is 8.42 Å². The van der Waals surface area contributed by atoms with E-state index in [2.05, 4.69) is 6.92 Å². The van der Waals surface area contributed by atoms with Crippen molar-refractivity contribution in [2.45, 2.75) is 44.4 Å². The van der Waals surface area contributed by atoms with Gasteiger partial charge in [-0.1, -0.05) is 26.2 Å². The van der Waals surface area contributed by atoms with E-state index >= 15 is 0 Å². The Hall–Kier alpha value is -1.23. The number of hydrogen-bond donors (Lipinski definition) is 1. The van der Waals surface area contributed by atoms with Crippen LogP contribution in [0.4, 0.5) is 5.69 Å². The van der Waals surface area contributed by atoms with E-state index < -0.39 is 9.84 Å². The summed E-state index contributed by atoms with van der Waals surface area (Å²) in [5.74, 6) is 0.691. The Morgan fingerprint density at radius 3 is 2.53 bits per heavy atom. The first kappa shape index (κ1) is 15.8. The molecule has 1 rings (SSSR count). The van der Waals surface area contributed by atoms with Crippen LogP contribution in [0.3, 0.4) is 0 Å². The van der Waals surface area contributed by atoms with Gasteiger partial charge in [0, 0.05) is 6.07 Å². The summed E-state index contributed by atoms with van der Waals surface area (Å²) >= 11 is 0. The monoisotopic (exact) mass is 285 g/mol. The van der Waals surface area contributed by atoms with Crippen LogP contribution in [0.2, 0.25) is 0 Å². The van der Waals surface area contributed by atoms with E-state index in [1.54, 1.807) is 12.1 Å². The molecule has 0 bridgehead atoms. The maximum Gasteiger partial charge on any atom is 0.180 e. The second kappa shape index (κ2) is 7.38. The van der Waals surface area contributed by atoms with Crippen LogP contribution >= 0.6 is 0 Å². The highest BCUT2D eigenvalue weighted by atomic mass is 32.2. The van der Waals surface area contributed by atoms with Crippen LogP contribution < -0.4 is 10.5 Å². The molecule has 19 heavy (non-hydrogen) atoms. The number of benzene rings is 1. The van der Waals surface area contributed by atoms with Gasteiger partial charge in [0.2, 0.25) is 0 Å². The molecule has 2 N–H and O–H groups in total. The summed E-state index contributed by atoms with van der Waals surface area (Å²) in [5, 5.41) is 0. The van der Waals surface area contributed by atoms with Gasteiger partial charge in [-0.3, -0.25) is 0 Å². The lowest BCUT2D eigenvalue weighted by atomic mass is 10.2. The van der Waals surface area contributed by atoms with Gasteiger partial charge in [0.25, 0.3) is 0 Å². The van der Waals surface area contributed by atoms with Crippen LogP contribution in [0.5, 0.6) is 5.75 Å². The second-order valence-corrected chi connectivity index (χ2v) is 6.59. The molecule has 5 heteroatoms. The minimum atomic E-state index is -3.32. The van der Waals surface area contributed by atoms with E-state index in [0.717, 1.165) is 19.3 Å². The Bertz CT molecular complexity index is 497. The Labute approximate surface area is 115 Å². The van der Waals surface area contributed by atoms with Crippen LogP contribution in [0.25, 0.3) is 0 Å². The van der Waals surface area contributed by atoms with E-state index in [1.807, 2.05) is 6.92 Å². The second-order valence-electron chi connectivity index (χ2n) is 4.51. The van der Waals surface area contributed by atoms with E-state index in [1.165, 1.54) is 6.07 Å². The molecule has 0 saturated carbocycles. The minimum absolute atomic E-state index is 0.146. The molecule has 0 radical (unpaired) electrons. The van der Waals surface area contributed by atoms with Gasteiger partial charge in [-0.25, -0.2) is 8.42 Å². The molecule has 0 aliphatic heterocycles. The average molecular weight is 285 g/mol. The van der Waals surface area contributed by atoms with Crippen molar-refractivity contribution in [1.82, 2.24) is 0 Å². The maximum absolute atomic E-state index is 12.2. The lowest BCUT2D eigenvalue weighted by Gasteiger charge is -2.10. The first-order valence-corrected chi connectivity index (χ1v) is 8.41. The van der Waals surface area contributed by atoms with Crippen LogP contribution in [0.15, 0.2) is 23.1 Å². The first-order chi connectivity index (χ1) is 9.01. The van der Waals surface area contributed by atoms with Gasteiger partial charge in [0.1, 0.15) is 5.75 Å². The third-order valence-corrected chi connectivity index (χ3v) is 4.75. The highest BCUT2D eigenvalue weighted by Gasteiger charge is 2.18. The summed E-state index contributed by atoms with van der Waals surface area (Å²) in [6.07, 6.45) is 3.75. The predicted octanol–water partition coefficient (Wildman–Crippen LogP) is 3.02. The van der Waals surface area contributed by atoms with Crippen LogP contribution in [-0.4, -0.2) is 20.8 Å². The number of ether oxygens (including phenoxy) is 1. The van der Waals surface area contributed by atoms with Gasteiger partial charge in [-0.2, -0.15) is 0 Å². The number of unbranched alkanes of at least 4 members (excludes halogenated alkanes) is 3. The van der Waals surface area contributed by atoms with Gasteiger partial charge in [-0.15, -0.1) is 0 Å². The minimum Gasteiger partial charge on any atom is -0.494 e. The van der Waals surface area contributed by atoms with Gasteiger partial charge < -0.3 is 10.5 Å². The summed E-state index contributed by atoms with van der Waals surface area (Å²) in [7, 11) is -3.32. The van der Waals surface area contributed by atoms with Crippen molar-refractivity contribution in [2.75, 3.05) is 18.1 Å². The number of sulfone groups is 1. The standard InChI is InChI=1S/C14H23NO3S/c1-3-5-6-7-10-19(16,17)14-11-12(18-4-2)8-9-13(14)15/h8-9,11H,3-7,10,15H2,1-2H3. The normalized spacial score (nSPS) is 11.5. The summed E-state index contributed by atoms with van der Waals surface area (Å²) in [4.78, 5) is 0.190. The molecular weight excluding hydrogens is 262 g/mol. The fourth-order valence-corrected chi connectivity index (χ4v) is 3.40. The van der Waals surface area contributed by atoms with Crippen LogP contribution in [-0.2, 0) is 9.84 Å². The van der Waals surface area contributed by atoms with Gasteiger partial charge in [0.15, 0.2) is 9.84 Å². The van der Waals surface area contributed by atoms with Crippen molar-refractivity contribution in [2.24, 2.45) is 0 Å². The molecule has 0 heterocycles. The average Bonchev–Trinajstić information content (AvgIpc) is 2.37. The molecule has 0 aromatic heterocycles. The molecule has 0 fully saturated rings. The summed E-state index contributed by atoms with van der Waals surface area (Å²) < 4.78 is 29.8. The fraction of sp³-hybridized carbons (Fsp3) is 0.571. The fourth-order valence-electron chi connectivity index (χ4n) is 1.87. The molecule has 0 spiro atoms. The van der Waals surface area contributed by atoms with Crippen molar-refractivity contribution in [3.05, 3.63) is 18.2 Å². The Morgan fingerprint density at radius 2 is 1.89 bits per heavy atom. The van der Waals surface area contributed by atoms with Crippen LogP contribution in [0.1, 0.15) is 39.5 Å². The van der Waals surface area contributed by atoms with Crippen molar-refractivity contribution in [3.8, 4) is 5.75 Å². The first-order valence-electron chi connectivity index (χ1n) is 6.76. The zero-order valence-corrected chi connectivity index (χ0v) is 12.5. The van der Waals surface area contributed by atoms with Crippen molar-refractivity contribution < 1.29 is 13.2 Å². The molecule has 0 aliphatic carbocycles. The van der Waals surface area contributed by atoms with Crippen molar-refractivity contribution >= 4 is 15.5 Å². The molecule has 0 aliphatic rings. The number of hydrogen-bond acceptors (Lipinski definition) is 4. The van der Waals surface area contributed by atoms with E-state index in [-0.39, 0.29) is 10.6 Å². The quantitative estimate of drug-likeness (QED) is 0.589. The molecule has 1 aromatic rings. The van der Waals surface area contributed by atoms with E-state index in [4.69, 9.17) is 10.5 Å². The zero-order valence-electron chi connectivity index (χ0n) is 11.7. The Balaban J connectivity index is 2.84. The molecule has 4 nitrogen and oxygen atoms in total. The third-order valence-electron chi connectivity index (χ3n) is 2.90. The molecule has 0 amide bonds. The highest BCUT2D eigenvalue weighted by molar-refractivity contribution is 7.91. The molecule has 0 atom stereocenters. The Morgan fingerprint density at radius 1 is 1.16 bits per heavy atom. The predicted molar refractivity (Wildman–Crippen MR) is 78.2 cm³/mol. The Kier molecular flexibility index (Phi) is 6.15. The summed E-state index contributed by atoms with van der Waals surface area (Å²) in [6.45, 7) is 4.45. The summed E-state index contributed by atoms with van der Waals surface area (Å²) in [6, 6.07) is 4.80. The molecular formula is C14H23NO3S. The summed E-state index contributed by atoms with van der Waals surface area (Å²) in [5.41, 5.74) is 6.06. The van der Waals surface area contributed by atoms with Crippen molar-refractivity contribution in [3.63, 3.8) is 0 Å². The maximum atomic E-state index is 12.2. The number of nitrogens with two attached hydrogens (primary N) is 1.